The lowest BCUT2D eigenvalue weighted by molar-refractivity contribution is -0.143. The maximum atomic E-state index is 12.9. The van der Waals surface area contributed by atoms with Crippen LogP contribution in [0.1, 0.15) is 52.6 Å². The van der Waals surface area contributed by atoms with E-state index in [1.807, 2.05) is 31.2 Å². The Balaban J connectivity index is 2.03. The summed E-state index contributed by atoms with van der Waals surface area (Å²) in [5.74, 6) is 0.268. The fourth-order valence-electron chi connectivity index (χ4n) is 3.22. The minimum Gasteiger partial charge on any atom is -0.494 e. The molecule has 2 heterocycles. The lowest BCUT2D eigenvalue weighted by Gasteiger charge is -2.33. The van der Waals surface area contributed by atoms with E-state index in [0.29, 0.717) is 23.0 Å². The van der Waals surface area contributed by atoms with Gasteiger partial charge in [-0.05, 0) is 51.8 Å². The lowest BCUT2D eigenvalue weighted by atomic mass is 9.94. The van der Waals surface area contributed by atoms with Gasteiger partial charge in [-0.2, -0.15) is 0 Å². The van der Waals surface area contributed by atoms with Gasteiger partial charge in [0.1, 0.15) is 5.75 Å². The SMILES string of the molecule is CCCOc1ccc([C@H]2C(C(=O)OC(C)C)=C(C)N=C3S[C@@H](C)C(=O)N32)cc1. The zero-order valence-electron chi connectivity index (χ0n) is 16.9. The monoisotopic (exact) mass is 402 g/mol. The van der Waals surface area contributed by atoms with Crippen molar-refractivity contribution in [1.82, 2.24) is 4.90 Å². The topological polar surface area (TPSA) is 68.2 Å². The normalized spacial score (nSPS) is 21.7. The van der Waals surface area contributed by atoms with Gasteiger partial charge in [0.05, 0.1) is 35.3 Å². The number of amidine groups is 1. The summed E-state index contributed by atoms with van der Waals surface area (Å²) in [5.41, 5.74) is 1.82. The number of thioether (sulfide) groups is 1. The first kappa shape index (κ1) is 20.5. The summed E-state index contributed by atoms with van der Waals surface area (Å²) >= 11 is 1.42. The van der Waals surface area contributed by atoms with Crippen molar-refractivity contribution in [3.05, 3.63) is 41.1 Å². The first-order valence-corrected chi connectivity index (χ1v) is 10.4. The number of carbonyl (C=O) groups is 2. The second-order valence-electron chi connectivity index (χ2n) is 7.14. The van der Waals surface area contributed by atoms with Crippen molar-refractivity contribution in [1.29, 1.82) is 0 Å². The average molecular weight is 403 g/mol. The molecule has 0 aliphatic carbocycles. The summed E-state index contributed by atoms with van der Waals surface area (Å²) in [6.07, 6.45) is 0.667. The average Bonchev–Trinajstić information content (AvgIpc) is 2.92. The van der Waals surface area contributed by atoms with Crippen LogP contribution in [0.5, 0.6) is 5.75 Å². The van der Waals surface area contributed by atoms with Gasteiger partial charge < -0.3 is 9.47 Å². The summed E-state index contributed by atoms with van der Waals surface area (Å²) in [5, 5.41) is 0.397. The molecule has 0 saturated carbocycles. The molecule has 0 bridgehead atoms. The number of esters is 1. The molecule has 1 aromatic rings. The molecule has 0 N–H and O–H groups in total. The van der Waals surface area contributed by atoms with Gasteiger partial charge in [0, 0.05) is 0 Å². The Morgan fingerprint density at radius 2 is 1.96 bits per heavy atom. The third-order valence-corrected chi connectivity index (χ3v) is 5.54. The number of hydrogen-bond donors (Lipinski definition) is 0. The number of hydrogen-bond acceptors (Lipinski definition) is 6. The largest absolute Gasteiger partial charge is 0.494 e. The van der Waals surface area contributed by atoms with E-state index in [-0.39, 0.29) is 17.3 Å². The molecule has 1 saturated heterocycles. The van der Waals surface area contributed by atoms with Gasteiger partial charge in [0.2, 0.25) is 5.91 Å². The molecule has 6 nitrogen and oxygen atoms in total. The highest BCUT2D eigenvalue weighted by molar-refractivity contribution is 8.15. The number of rotatable bonds is 6. The maximum absolute atomic E-state index is 12.9. The number of amides is 1. The molecular formula is C21H26N2O4S. The molecule has 0 aromatic heterocycles. The number of fused-ring (bicyclic) bond motifs is 1. The first-order valence-electron chi connectivity index (χ1n) is 9.56. The Morgan fingerprint density at radius 3 is 2.57 bits per heavy atom. The third-order valence-electron chi connectivity index (χ3n) is 4.49. The van der Waals surface area contributed by atoms with E-state index in [4.69, 9.17) is 9.47 Å². The van der Waals surface area contributed by atoms with E-state index >= 15 is 0 Å². The highest BCUT2D eigenvalue weighted by atomic mass is 32.2. The van der Waals surface area contributed by atoms with E-state index in [1.165, 1.54) is 11.8 Å². The van der Waals surface area contributed by atoms with Crippen LogP contribution in [0.3, 0.4) is 0 Å². The molecule has 0 spiro atoms. The van der Waals surface area contributed by atoms with Crippen LogP contribution in [0.4, 0.5) is 0 Å². The lowest BCUT2D eigenvalue weighted by Crippen LogP contribution is -2.40. The van der Waals surface area contributed by atoms with Crippen molar-refractivity contribution in [3.63, 3.8) is 0 Å². The van der Waals surface area contributed by atoms with E-state index in [9.17, 15) is 9.59 Å². The van der Waals surface area contributed by atoms with Crippen molar-refractivity contribution in [2.45, 2.75) is 58.4 Å². The number of benzene rings is 1. The second-order valence-corrected chi connectivity index (χ2v) is 8.44. The van der Waals surface area contributed by atoms with Gasteiger partial charge in [-0.1, -0.05) is 30.8 Å². The minimum atomic E-state index is -0.552. The Hall–Kier alpha value is -2.28. The summed E-state index contributed by atoms with van der Waals surface area (Å²) in [7, 11) is 0. The van der Waals surface area contributed by atoms with E-state index in [2.05, 4.69) is 11.9 Å². The Kier molecular flexibility index (Phi) is 6.13. The van der Waals surface area contributed by atoms with E-state index in [0.717, 1.165) is 17.7 Å². The molecular weight excluding hydrogens is 376 g/mol. The van der Waals surface area contributed by atoms with Crippen molar-refractivity contribution >= 4 is 28.8 Å². The zero-order chi connectivity index (χ0) is 20.4. The molecule has 1 fully saturated rings. The van der Waals surface area contributed by atoms with Gasteiger partial charge in [-0.15, -0.1) is 0 Å². The third kappa shape index (κ3) is 3.94. The molecule has 2 aliphatic heterocycles. The Labute approximate surface area is 170 Å². The zero-order valence-corrected chi connectivity index (χ0v) is 17.7. The summed E-state index contributed by atoms with van der Waals surface area (Å²) in [6.45, 7) is 9.95. The molecule has 0 radical (unpaired) electrons. The highest BCUT2D eigenvalue weighted by Gasteiger charge is 2.46. The summed E-state index contributed by atoms with van der Waals surface area (Å²) in [4.78, 5) is 31.9. The number of carbonyl (C=O) groups excluding carboxylic acids is 2. The number of ether oxygens (including phenoxy) is 2. The maximum Gasteiger partial charge on any atom is 0.338 e. The van der Waals surface area contributed by atoms with Crippen LogP contribution in [-0.2, 0) is 14.3 Å². The standard InChI is InChI=1S/C21H26N2O4S/c1-6-11-26-16-9-7-15(8-10-16)18-17(20(25)27-12(2)3)13(4)22-21-23(18)19(24)14(5)28-21/h7-10,12,14,18H,6,11H2,1-5H3/t14-,18-/m0/s1. The number of aliphatic imine (C=N–C) groups is 1. The summed E-state index contributed by atoms with van der Waals surface area (Å²) < 4.78 is 11.1. The Bertz CT molecular complexity index is 829. The highest BCUT2D eigenvalue weighted by Crippen LogP contribution is 2.43. The van der Waals surface area contributed by atoms with Crippen LogP contribution in [0.2, 0.25) is 0 Å². The Morgan fingerprint density at radius 1 is 1.29 bits per heavy atom. The second kappa shape index (κ2) is 8.39. The predicted molar refractivity (Wildman–Crippen MR) is 110 cm³/mol. The molecule has 150 valence electrons. The molecule has 1 amide bonds. The van der Waals surface area contributed by atoms with Crippen LogP contribution >= 0.6 is 11.8 Å². The van der Waals surface area contributed by atoms with Gasteiger partial charge >= 0.3 is 5.97 Å². The summed E-state index contributed by atoms with van der Waals surface area (Å²) in [6, 6.07) is 6.98. The van der Waals surface area contributed by atoms with Gasteiger partial charge in [-0.25, -0.2) is 9.79 Å². The first-order chi connectivity index (χ1) is 13.3. The predicted octanol–water partition coefficient (Wildman–Crippen LogP) is 4.08. The minimum absolute atomic E-state index is 0.0533. The number of allylic oxidation sites excluding steroid dienone is 1. The van der Waals surface area contributed by atoms with Crippen LogP contribution in [0.15, 0.2) is 40.5 Å². The smallest absolute Gasteiger partial charge is 0.338 e. The van der Waals surface area contributed by atoms with Crippen molar-refractivity contribution < 1.29 is 19.1 Å². The molecule has 3 rings (SSSR count). The van der Waals surface area contributed by atoms with E-state index < -0.39 is 12.0 Å². The molecule has 1 aromatic carbocycles. The van der Waals surface area contributed by atoms with Crippen molar-refractivity contribution in [2.24, 2.45) is 4.99 Å². The molecule has 2 atom stereocenters. The van der Waals surface area contributed by atoms with Crippen molar-refractivity contribution in [3.8, 4) is 5.75 Å². The van der Waals surface area contributed by atoms with Gasteiger partial charge in [-0.3, -0.25) is 9.69 Å². The van der Waals surface area contributed by atoms with Crippen LogP contribution < -0.4 is 4.74 Å². The van der Waals surface area contributed by atoms with Crippen LogP contribution in [0.25, 0.3) is 0 Å². The van der Waals surface area contributed by atoms with E-state index in [1.54, 1.807) is 25.7 Å². The fraction of sp³-hybridized carbons (Fsp3) is 0.476. The van der Waals surface area contributed by atoms with Crippen LogP contribution in [0, 0.1) is 0 Å². The molecule has 0 unspecified atom stereocenters. The fourth-order valence-corrected chi connectivity index (χ4v) is 4.25. The molecule has 2 aliphatic rings. The molecule has 28 heavy (non-hydrogen) atoms. The quantitative estimate of drug-likeness (QED) is 0.671. The van der Waals surface area contributed by atoms with Crippen molar-refractivity contribution in [2.75, 3.05) is 6.61 Å². The molecule has 7 heteroatoms. The number of nitrogens with zero attached hydrogens (tertiary/aromatic N) is 2. The van der Waals surface area contributed by atoms with Gasteiger partial charge in [0.25, 0.3) is 0 Å². The van der Waals surface area contributed by atoms with Crippen LogP contribution in [-0.4, -0.2) is 39.9 Å². The van der Waals surface area contributed by atoms with Gasteiger partial charge in [0.15, 0.2) is 5.17 Å².